The summed E-state index contributed by atoms with van der Waals surface area (Å²) in [6.45, 7) is 0. The molecule has 6 radical (unpaired) electrons. The lowest BCUT2D eigenvalue weighted by molar-refractivity contribution is 0.459. The molecule has 0 bridgehead atoms. The highest BCUT2D eigenvalue weighted by molar-refractivity contribution is 6.59. The normalized spacial score (nSPS) is 11.5. The van der Waals surface area contributed by atoms with Gasteiger partial charge < -0.3 is 10.2 Å². The van der Waals surface area contributed by atoms with Crippen molar-refractivity contribution in [1.29, 1.82) is 0 Å². The fourth-order valence-corrected chi connectivity index (χ4v) is 7.50. The van der Waals surface area contributed by atoms with E-state index in [1.54, 1.807) is 0 Å². The summed E-state index contributed by atoms with van der Waals surface area (Å²) in [4.78, 5) is 4.93. The van der Waals surface area contributed by atoms with Crippen LogP contribution in [0.15, 0.2) is 152 Å². The van der Waals surface area contributed by atoms with Gasteiger partial charge in [-0.1, -0.05) is 144 Å². The molecule has 0 atom stereocenters. The van der Waals surface area contributed by atoms with E-state index in [9.17, 15) is 10.2 Å². The molecule has 9 aromatic rings. The molecule has 0 fully saturated rings. The molecule has 0 aliphatic carbocycles. The van der Waals surface area contributed by atoms with Gasteiger partial charge >= 0.3 is 0 Å². The number of phenolic OH excluding ortho intramolecular Hbond substituents is 2. The molecule has 1 aromatic heterocycles. The molecule has 238 valence electrons. The smallest absolute Gasteiger partial charge is 0.153 e. The van der Waals surface area contributed by atoms with Crippen LogP contribution < -0.4 is 16.4 Å². The van der Waals surface area contributed by atoms with E-state index in [4.69, 9.17) is 28.5 Å². The van der Waals surface area contributed by atoms with Crippen molar-refractivity contribution in [3.05, 3.63) is 152 Å². The predicted octanol–water partition coefficient (Wildman–Crippen LogP) is 7.79. The second-order valence-corrected chi connectivity index (χ2v) is 12.9. The van der Waals surface area contributed by atoms with E-state index < -0.39 is 11.5 Å². The molecule has 0 aliphatic rings. The summed E-state index contributed by atoms with van der Waals surface area (Å²) in [5, 5.41) is 27.1. The summed E-state index contributed by atoms with van der Waals surface area (Å²) < 4.78 is 1.94. The molecule has 7 heteroatoms. The molecule has 0 saturated carbocycles. The molecular weight excluding hydrogens is 633 g/mol. The molecule has 0 saturated heterocycles. The number of benzene rings is 8. The average molecular weight is 660 g/mol. The number of nitrogens with zero attached hydrogens (tertiary/aromatic N) is 2. The van der Waals surface area contributed by atoms with E-state index in [0.717, 1.165) is 60.6 Å². The third kappa shape index (κ3) is 4.85. The van der Waals surface area contributed by atoms with Crippen LogP contribution in [-0.4, -0.2) is 43.3 Å². The fraction of sp³-hybridized carbons (Fsp3) is 0. The van der Waals surface area contributed by atoms with Gasteiger partial charge in [-0.25, -0.2) is 4.98 Å². The van der Waals surface area contributed by atoms with Crippen molar-refractivity contribution in [3.8, 4) is 62.0 Å². The number of hydrogen-bond acceptors (Lipinski definition) is 3. The van der Waals surface area contributed by atoms with Gasteiger partial charge in [0.05, 0.1) is 22.3 Å². The van der Waals surface area contributed by atoms with Crippen LogP contribution in [0.25, 0.3) is 83.0 Å². The molecule has 52 heavy (non-hydrogen) atoms. The Morgan fingerprint density at radius 1 is 0.423 bits per heavy atom. The molecule has 0 unspecified atom stereocenters. The fourth-order valence-electron chi connectivity index (χ4n) is 7.50. The first-order valence-electron chi connectivity index (χ1n) is 17.0. The van der Waals surface area contributed by atoms with Gasteiger partial charge in [-0.2, -0.15) is 0 Å². The van der Waals surface area contributed by atoms with E-state index >= 15 is 0 Å². The molecule has 2 N–H and O–H groups in total. The first-order chi connectivity index (χ1) is 25.4. The molecule has 0 aliphatic heterocycles. The second-order valence-electron chi connectivity index (χ2n) is 12.9. The van der Waals surface area contributed by atoms with Crippen molar-refractivity contribution >= 4 is 72.5 Å². The number of aromatic hydroxyl groups is 2. The summed E-state index contributed by atoms with van der Waals surface area (Å²) in [6.07, 6.45) is 0. The van der Waals surface area contributed by atoms with Crippen molar-refractivity contribution < 1.29 is 10.2 Å². The van der Waals surface area contributed by atoms with Gasteiger partial charge in [-0.05, 0) is 67.6 Å². The Bertz CT molecular complexity index is 2760. The maximum Gasteiger partial charge on any atom is 0.153 e. The number of imidazole rings is 1. The summed E-state index contributed by atoms with van der Waals surface area (Å²) in [5.74, 6) is -0.515. The van der Waals surface area contributed by atoms with E-state index in [1.165, 1.54) is 5.56 Å². The van der Waals surface area contributed by atoms with Gasteiger partial charge in [-0.15, -0.1) is 5.46 Å². The molecule has 9 rings (SSSR count). The number of para-hydroxylation sites is 3. The van der Waals surface area contributed by atoms with Gasteiger partial charge in [0.1, 0.15) is 35.0 Å². The maximum atomic E-state index is 11.3. The predicted molar refractivity (Wildman–Crippen MR) is 217 cm³/mol. The van der Waals surface area contributed by atoms with Gasteiger partial charge in [0.15, 0.2) is 5.82 Å². The van der Waals surface area contributed by atoms with Crippen LogP contribution in [-0.2, 0) is 0 Å². The van der Waals surface area contributed by atoms with Gasteiger partial charge in [0, 0.05) is 5.56 Å². The SMILES string of the molecule is [B]c1c([B])c(O)c(-c2nc3ccccc3n2-c2ccccc2-c2c3ccccc3c(-c3ccc(-c4ccccc4)cc3)c3ccccc23)c(O)c1[B]. The molecule has 4 nitrogen and oxygen atoms in total. The van der Waals surface area contributed by atoms with Crippen LogP contribution >= 0.6 is 0 Å². The zero-order chi connectivity index (χ0) is 35.5. The van der Waals surface area contributed by atoms with Crippen molar-refractivity contribution in [3.63, 3.8) is 0 Å². The van der Waals surface area contributed by atoms with Crippen molar-refractivity contribution in [2.75, 3.05) is 0 Å². The van der Waals surface area contributed by atoms with E-state index in [2.05, 4.69) is 103 Å². The Kier molecular flexibility index (Phi) is 7.51. The number of phenols is 2. The third-order valence-corrected chi connectivity index (χ3v) is 9.98. The van der Waals surface area contributed by atoms with Crippen molar-refractivity contribution in [1.82, 2.24) is 9.55 Å². The molecule has 8 aromatic carbocycles. The Morgan fingerprint density at radius 3 is 1.54 bits per heavy atom. The summed E-state index contributed by atoms with van der Waals surface area (Å²) in [7, 11) is 18.5. The minimum absolute atomic E-state index is 0.000725. The van der Waals surface area contributed by atoms with Gasteiger partial charge in [-0.3, -0.25) is 4.57 Å². The number of hydrogen-bond donors (Lipinski definition) is 2. The van der Waals surface area contributed by atoms with Crippen LogP contribution in [0.3, 0.4) is 0 Å². The number of aromatic nitrogens is 2. The first-order valence-corrected chi connectivity index (χ1v) is 17.0. The molecular formula is C45H27B3N2O2. The summed E-state index contributed by atoms with van der Waals surface area (Å²) >= 11 is 0. The second kappa shape index (κ2) is 12.4. The lowest BCUT2D eigenvalue weighted by Gasteiger charge is -2.22. The Labute approximate surface area is 304 Å². The Morgan fingerprint density at radius 2 is 0.904 bits per heavy atom. The standard InChI is InChI=1S/C45H27B3N2O2/c46-40-41(47)43(51)39(44(52)42(40)48)45-49-34-19-9-11-21-36(34)50(45)35-20-10-8-18-33(35)38-31-16-6-4-14-29(31)37(30-15-5-7-17-32(30)38)28-24-22-27(23-25-28)26-12-2-1-3-13-26/h1-25,51-52H. The minimum atomic E-state index is -0.392. The largest absolute Gasteiger partial charge is 0.508 e. The highest BCUT2D eigenvalue weighted by Crippen LogP contribution is 2.46. The molecule has 0 amide bonds. The van der Waals surface area contributed by atoms with Gasteiger partial charge in [0.25, 0.3) is 0 Å². The zero-order valence-electron chi connectivity index (χ0n) is 28.0. The minimum Gasteiger partial charge on any atom is -0.508 e. The van der Waals surface area contributed by atoms with Crippen LogP contribution in [0, 0.1) is 0 Å². The van der Waals surface area contributed by atoms with Crippen LogP contribution in [0.2, 0.25) is 0 Å². The van der Waals surface area contributed by atoms with Crippen molar-refractivity contribution in [2.45, 2.75) is 0 Å². The van der Waals surface area contributed by atoms with E-state index in [-0.39, 0.29) is 27.8 Å². The topological polar surface area (TPSA) is 58.3 Å². The quantitative estimate of drug-likeness (QED) is 0.147. The number of fused-ring (bicyclic) bond motifs is 3. The van der Waals surface area contributed by atoms with Crippen LogP contribution in [0.1, 0.15) is 0 Å². The van der Waals surface area contributed by atoms with Gasteiger partial charge in [0.2, 0.25) is 0 Å². The van der Waals surface area contributed by atoms with Crippen LogP contribution in [0.4, 0.5) is 0 Å². The monoisotopic (exact) mass is 660 g/mol. The van der Waals surface area contributed by atoms with E-state index in [1.807, 2.05) is 53.1 Å². The third-order valence-electron chi connectivity index (χ3n) is 9.98. The van der Waals surface area contributed by atoms with E-state index in [0.29, 0.717) is 5.52 Å². The lowest BCUT2D eigenvalue weighted by atomic mass is 9.70. The van der Waals surface area contributed by atoms with Crippen LogP contribution in [0.5, 0.6) is 11.5 Å². The zero-order valence-corrected chi connectivity index (χ0v) is 28.0. The summed E-state index contributed by atoms with van der Waals surface area (Å²) in [5.41, 5.74) is 8.46. The van der Waals surface area contributed by atoms with Crippen molar-refractivity contribution in [2.24, 2.45) is 0 Å². The number of rotatable bonds is 5. The first kappa shape index (κ1) is 31.5. The average Bonchev–Trinajstić information content (AvgIpc) is 3.57. The Balaban J connectivity index is 1.34. The molecule has 0 spiro atoms. The lowest BCUT2D eigenvalue weighted by Crippen LogP contribution is -2.39. The highest BCUT2D eigenvalue weighted by atomic mass is 16.3. The maximum absolute atomic E-state index is 11.3. The Hall–Kier alpha value is -6.46. The molecule has 1 heterocycles. The highest BCUT2D eigenvalue weighted by Gasteiger charge is 2.26. The summed E-state index contributed by atoms with van der Waals surface area (Å²) in [6, 6.07) is 52.0.